The van der Waals surface area contributed by atoms with Gasteiger partial charge < -0.3 is 10.1 Å². The number of amides is 1. The van der Waals surface area contributed by atoms with Gasteiger partial charge in [-0.15, -0.1) is 11.3 Å². The van der Waals surface area contributed by atoms with Crippen molar-refractivity contribution in [3.8, 4) is 0 Å². The van der Waals surface area contributed by atoms with Crippen LogP contribution in [0.25, 0.3) is 0 Å². The molecule has 1 N–H and O–H groups in total. The molecule has 0 aliphatic rings. The van der Waals surface area contributed by atoms with E-state index in [1.54, 1.807) is 24.3 Å². The smallest absolute Gasteiger partial charge is 0.343 e. The Morgan fingerprint density at radius 3 is 2.72 bits per heavy atom. The molecule has 0 saturated heterocycles. The van der Waals surface area contributed by atoms with Gasteiger partial charge in [0, 0.05) is 16.4 Å². The standard InChI is InChI=1S/C20H19Cl2N3O3S/c1-13-18(19(22)25(24-13)11-14-5-2-3-7-16(14)21)20(27)28-12-17(26)23-9-8-15-6-4-10-29-15/h2-7,10H,8-9,11-12H2,1H3,(H,23,26). The number of esters is 1. The Bertz CT molecular complexity index is 1000. The van der Waals surface area contributed by atoms with E-state index in [4.69, 9.17) is 27.9 Å². The number of halogens is 2. The lowest BCUT2D eigenvalue weighted by molar-refractivity contribution is -0.124. The van der Waals surface area contributed by atoms with Crippen LogP contribution in [0.3, 0.4) is 0 Å². The maximum absolute atomic E-state index is 12.4. The number of nitrogens with zero attached hydrogens (tertiary/aromatic N) is 2. The van der Waals surface area contributed by atoms with Crippen LogP contribution in [-0.4, -0.2) is 34.8 Å². The molecule has 3 rings (SSSR count). The van der Waals surface area contributed by atoms with Gasteiger partial charge in [-0.25, -0.2) is 9.48 Å². The summed E-state index contributed by atoms with van der Waals surface area (Å²) >= 11 is 14.1. The Balaban J connectivity index is 1.55. The summed E-state index contributed by atoms with van der Waals surface area (Å²) in [6.07, 6.45) is 0.733. The van der Waals surface area contributed by atoms with Gasteiger partial charge >= 0.3 is 5.97 Å². The van der Waals surface area contributed by atoms with Crippen LogP contribution in [0.4, 0.5) is 0 Å². The number of carbonyl (C=O) groups excluding carboxylic acids is 2. The van der Waals surface area contributed by atoms with Gasteiger partial charge in [-0.1, -0.05) is 47.5 Å². The molecule has 6 nitrogen and oxygen atoms in total. The number of rotatable bonds is 8. The summed E-state index contributed by atoms with van der Waals surface area (Å²) in [7, 11) is 0. The molecule has 0 atom stereocenters. The molecule has 1 aromatic carbocycles. The summed E-state index contributed by atoms with van der Waals surface area (Å²) in [6, 6.07) is 11.3. The molecule has 1 amide bonds. The first-order chi connectivity index (χ1) is 14.0. The number of ether oxygens (including phenoxy) is 1. The van der Waals surface area contributed by atoms with E-state index < -0.39 is 5.97 Å². The fourth-order valence-electron chi connectivity index (χ4n) is 2.71. The van der Waals surface area contributed by atoms with Crippen molar-refractivity contribution in [2.45, 2.75) is 19.9 Å². The van der Waals surface area contributed by atoms with E-state index >= 15 is 0 Å². The summed E-state index contributed by atoms with van der Waals surface area (Å²) in [5.74, 6) is -1.06. The van der Waals surface area contributed by atoms with E-state index in [0.717, 1.165) is 12.0 Å². The lowest BCUT2D eigenvalue weighted by Crippen LogP contribution is -2.30. The van der Waals surface area contributed by atoms with Crippen molar-refractivity contribution in [3.63, 3.8) is 0 Å². The monoisotopic (exact) mass is 451 g/mol. The highest BCUT2D eigenvalue weighted by atomic mass is 35.5. The van der Waals surface area contributed by atoms with Crippen LogP contribution in [0.2, 0.25) is 10.2 Å². The van der Waals surface area contributed by atoms with Crippen molar-refractivity contribution in [1.29, 1.82) is 0 Å². The number of carbonyl (C=O) groups is 2. The summed E-state index contributed by atoms with van der Waals surface area (Å²) < 4.78 is 6.60. The molecular formula is C20H19Cl2N3O3S. The summed E-state index contributed by atoms with van der Waals surface area (Å²) in [5, 5.41) is 9.73. The zero-order valence-corrected chi connectivity index (χ0v) is 18.0. The van der Waals surface area contributed by atoms with E-state index in [2.05, 4.69) is 10.4 Å². The van der Waals surface area contributed by atoms with Gasteiger partial charge in [-0.3, -0.25) is 4.79 Å². The predicted octanol–water partition coefficient (Wildman–Crippen LogP) is 4.12. The molecular weight excluding hydrogens is 433 g/mol. The van der Waals surface area contributed by atoms with E-state index in [9.17, 15) is 9.59 Å². The first-order valence-electron chi connectivity index (χ1n) is 8.88. The van der Waals surface area contributed by atoms with Crippen LogP contribution in [0, 0.1) is 6.92 Å². The van der Waals surface area contributed by atoms with E-state index in [1.807, 2.05) is 35.7 Å². The van der Waals surface area contributed by atoms with Gasteiger partial charge in [-0.2, -0.15) is 5.10 Å². The van der Waals surface area contributed by atoms with E-state index in [0.29, 0.717) is 23.8 Å². The SMILES string of the molecule is Cc1nn(Cc2ccccc2Cl)c(Cl)c1C(=O)OCC(=O)NCCc1cccs1. The van der Waals surface area contributed by atoms with E-state index in [1.165, 1.54) is 9.56 Å². The molecule has 2 heterocycles. The highest BCUT2D eigenvalue weighted by molar-refractivity contribution is 7.09. The zero-order valence-electron chi connectivity index (χ0n) is 15.7. The van der Waals surface area contributed by atoms with Gasteiger partial charge in [0.15, 0.2) is 6.61 Å². The van der Waals surface area contributed by atoms with Crippen LogP contribution < -0.4 is 5.32 Å². The Kier molecular flexibility index (Phi) is 7.30. The summed E-state index contributed by atoms with van der Waals surface area (Å²) in [5.41, 5.74) is 1.39. The van der Waals surface area contributed by atoms with Crippen molar-refractivity contribution >= 4 is 46.4 Å². The predicted molar refractivity (Wildman–Crippen MR) is 114 cm³/mol. The number of benzene rings is 1. The van der Waals surface area contributed by atoms with Gasteiger partial charge in [0.2, 0.25) is 0 Å². The first kappa shape index (κ1) is 21.4. The van der Waals surface area contributed by atoms with Gasteiger partial charge in [0.1, 0.15) is 10.7 Å². The molecule has 152 valence electrons. The third kappa shape index (κ3) is 5.59. The fourth-order valence-corrected chi connectivity index (χ4v) is 3.93. The van der Waals surface area contributed by atoms with Crippen molar-refractivity contribution in [2.24, 2.45) is 0 Å². The molecule has 0 unspecified atom stereocenters. The molecule has 2 aromatic heterocycles. The number of aryl methyl sites for hydroxylation is 1. The highest BCUT2D eigenvalue weighted by Crippen LogP contribution is 2.24. The van der Waals surface area contributed by atoms with Crippen molar-refractivity contribution in [1.82, 2.24) is 15.1 Å². The average Bonchev–Trinajstić information content (AvgIpc) is 3.30. The quantitative estimate of drug-likeness (QED) is 0.522. The normalized spacial score (nSPS) is 10.7. The van der Waals surface area contributed by atoms with Crippen LogP contribution >= 0.6 is 34.5 Å². The second kappa shape index (κ2) is 9.91. The Morgan fingerprint density at radius 2 is 2.00 bits per heavy atom. The Hall–Kier alpha value is -2.35. The lowest BCUT2D eigenvalue weighted by atomic mass is 10.2. The van der Waals surface area contributed by atoms with Crippen LogP contribution in [0.5, 0.6) is 0 Å². The molecule has 29 heavy (non-hydrogen) atoms. The molecule has 0 saturated carbocycles. The third-order valence-electron chi connectivity index (χ3n) is 4.16. The number of nitrogens with one attached hydrogen (secondary N) is 1. The first-order valence-corrected chi connectivity index (χ1v) is 10.5. The molecule has 9 heteroatoms. The summed E-state index contributed by atoms with van der Waals surface area (Å²) in [6.45, 7) is 2.07. The maximum Gasteiger partial charge on any atom is 0.343 e. The number of thiophene rings is 1. The number of hydrogen-bond acceptors (Lipinski definition) is 5. The molecule has 0 aliphatic heterocycles. The topological polar surface area (TPSA) is 73.2 Å². The molecule has 0 radical (unpaired) electrons. The van der Waals surface area contributed by atoms with E-state index in [-0.39, 0.29) is 23.2 Å². The van der Waals surface area contributed by atoms with Crippen LogP contribution in [-0.2, 0) is 22.5 Å². The Morgan fingerprint density at radius 1 is 1.21 bits per heavy atom. The van der Waals surface area contributed by atoms with Gasteiger partial charge in [-0.05, 0) is 36.4 Å². The third-order valence-corrected chi connectivity index (χ3v) is 5.84. The highest BCUT2D eigenvalue weighted by Gasteiger charge is 2.22. The van der Waals surface area contributed by atoms with Crippen LogP contribution in [0.15, 0.2) is 41.8 Å². The molecule has 0 fully saturated rings. The average molecular weight is 452 g/mol. The largest absolute Gasteiger partial charge is 0.452 e. The molecule has 3 aromatic rings. The van der Waals surface area contributed by atoms with Crippen molar-refractivity contribution < 1.29 is 14.3 Å². The second-order valence-corrected chi connectivity index (χ2v) is 8.05. The molecule has 0 spiro atoms. The minimum absolute atomic E-state index is 0.144. The lowest BCUT2D eigenvalue weighted by Gasteiger charge is -2.07. The minimum Gasteiger partial charge on any atom is -0.452 e. The van der Waals surface area contributed by atoms with Gasteiger partial charge in [0.25, 0.3) is 5.91 Å². The molecule has 0 bridgehead atoms. The van der Waals surface area contributed by atoms with Crippen molar-refractivity contribution in [2.75, 3.05) is 13.2 Å². The number of aromatic nitrogens is 2. The summed E-state index contributed by atoms with van der Waals surface area (Å²) in [4.78, 5) is 25.5. The molecule has 0 aliphatic carbocycles. The zero-order chi connectivity index (χ0) is 20.8. The maximum atomic E-state index is 12.4. The minimum atomic E-state index is -0.689. The Labute approximate surface area is 182 Å². The van der Waals surface area contributed by atoms with Crippen molar-refractivity contribution in [3.05, 3.63) is 73.7 Å². The second-order valence-electron chi connectivity index (χ2n) is 6.26. The number of hydrogen-bond donors (Lipinski definition) is 1. The van der Waals surface area contributed by atoms with Gasteiger partial charge in [0.05, 0.1) is 12.2 Å². The fraction of sp³-hybridized carbons (Fsp3) is 0.250. The van der Waals surface area contributed by atoms with Crippen LogP contribution in [0.1, 0.15) is 26.5 Å².